The van der Waals surface area contributed by atoms with Crippen molar-refractivity contribution in [3.63, 3.8) is 0 Å². The van der Waals surface area contributed by atoms with E-state index in [0.717, 1.165) is 95.8 Å². The lowest BCUT2D eigenvalue weighted by atomic mass is 10.0. The van der Waals surface area contributed by atoms with Crippen LogP contribution in [0.25, 0.3) is 0 Å². The van der Waals surface area contributed by atoms with Gasteiger partial charge in [0.05, 0.1) is 26.4 Å². The molecule has 0 saturated carbocycles. The molecular weight excluding hydrogens is 1320 g/mol. The lowest BCUT2D eigenvalue weighted by Crippen LogP contribution is -2.30. The molecule has 0 spiro atoms. The molecule has 0 heterocycles. The number of carbonyl (C=O) groups excluding carboxylic acids is 4. The fraction of sp³-hybridized carbons (Fsp3) is 0.951. The van der Waals surface area contributed by atoms with E-state index in [2.05, 4.69) is 34.6 Å². The number of aliphatic hydroxyl groups is 1. The molecular formula is C82H160O17P2. The van der Waals surface area contributed by atoms with E-state index in [1.165, 1.54) is 263 Å². The van der Waals surface area contributed by atoms with Crippen LogP contribution in [0.1, 0.15) is 439 Å². The first-order valence-corrected chi connectivity index (χ1v) is 45.6. The van der Waals surface area contributed by atoms with Gasteiger partial charge in [0.25, 0.3) is 0 Å². The first kappa shape index (κ1) is 99.1. The van der Waals surface area contributed by atoms with Gasteiger partial charge in [0.2, 0.25) is 0 Å². The van der Waals surface area contributed by atoms with Crippen LogP contribution in [0.15, 0.2) is 0 Å². The summed E-state index contributed by atoms with van der Waals surface area (Å²) in [7, 11) is -9.92. The Balaban J connectivity index is 5.25. The molecule has 0 aliphatic carbocycles. The van der Waals surface area contributed by atoms with Gasteiger partial charge in [-0.25, -0.2) is 9.13 Å². The number of phosphoric ester groups is 2. The van der Waals surface area contributed by atoms with E-state index in [-0.39, 0.29) is 25.7 Å². The van der Waals surface area contributed by atoms with E-state index in [4.69, 9.17) is 37.0 Å². The number of unbranched alkanes of at least 4 members (excludes halogenated alkanes) is 54. The molecule has 2 unspecified atom stereocenters. The second-order valence-corrected chi connectivity index (χ2v) is 32.9. The zero-order valence-electron chi connectivity index (χ0n) is 66.1. The average molecular weight is 1480 g/mol. The van der Waals surface area contributed by atoms with Crippen molar-refractivity contribution in [3.05, 3.63) is 0 Å². The minimum Gasteiger partial charge on any atom is -0.462 e. The number of ether oxygens (including phenoxy) is 4. The standard InChI is InChI=1S/C82H160O17P2/c1-6-9-12-15-18-21-24-27-30-32-33-34-36-39-42-47-53-58-63-68-82(87)98-77(71-92-79(84)65-60-55-50-45-40-38-35-31-28-25-22-19-16-13-10-7-2)73-96-100(88,89)94-69-76(83)70-95-101(90,91)97-74-78(72-93-80(85)66-61-56-51-48-43-44-49-54-59-64-75(4)5)99-81(86)67-62-57-52-46-41-37-29-26-23-20-17-14-11-8-3/h75-78,83H,6-74H2,1-5H3,(H,88,89)(H,90,91)/t76-,77-,78-/m1/s1. The number of hydrogen-bond donors (Lipinski definition) is 3. The van der Waals surface area contributed by atoms with Gasteiger partial charge in [-0.15, -0.1) is 0 Å². The second kappa shape index (κ2) is 74.9. The van der Waals surface area contributed by atoms with E-state index >= 15 is 0 Å². The molecule has 0 amide bonds. The molecule has 5 atom stereocenters. The van der Waals surface area contributed by atoms with Crippen molar-refractivity contribution in [3.8, 4) is 0 Å². The molecule has 0 bridgehead atoms. The largest absolute Gasteiger partial charge is 0.472 e. The molecule has 3 N–H and O–H groups in total. The second-order valence-electron chi connectivity index (χ2n) is 30.0. The SMILES string of the molecule is CCCCCCCCCCCCCCCCCCCCCC(=O)O[C@H](COC(=O)CCCCCCCCCCCCCCCCCC)COP(=O)(O)OC[C@@H](O)COP(=O)(O)OC[C@@H](COC(=O)CCCCCCCCCCCC(C)C)OC(=O)CCCCCCCCCCCCCCCC. The maximum Gasteiger partial charge on any atom is 0.472 e. The van der Waals surface area contributed by atoms with Gasteiger partial charge in [-0.3, -0.25) is 37.3 Å². The summed E-state index contributed by atoms with van der Waals surface area (Å²) < 4.78 is 68.8. The molecule has 0 radical (unpaired) electrons. The van der Waals surface area contributed by atoms with E-state index in [0.29, 0.717) is 25.7 Å². The van der Waals surface area contributed by atoms with Gasteiger partial charge in [0.15, 0.2) is 12.2 Å². The Morgan fingerprint density at radius 2 is 0.455 bits per heavy atom. The molecule has 0 aromatic rings. The molecule has 0 saturated heterocycles. The van der Waals surface area contributed by atoms with Crippen LogP contribution in [-0.2, 0) is 65.4 Å². The molecule has 600 valence electrons. The molecule has 0 aromatic carbocycles. The van der Waals surface area contributed by atoms with Crippen molar-refractivity contribution in [2.24, 2.45) is 5.92 Å². The number of phosphoric acid groups is 2. The predicted octanol–water partition coefficient (Wildman–Crippen LogP) is 24.8. The van der Waals surface area contributed by atoms with Crippen LogP contribution in [0, 0.1) is 5.92 Å². The van der Waals surface area contributed by atoms with Gasteiger partial charge in [-0.2, -0.15) is 0 Å². The third kappa shape index (κ3) is 76.1. The minimum atomic E-state index is -4.96. The smallest absolute Gasteiger partial charge is 0.462 e. The predicted molar refractivity (Wildman–Crippen MR) is 414 cm³/mol. The number of esters is 4. The summed E-state index contributed by atoms with van der Waals surface area (Å²) in [5, 5.41) is 10.7. The summed E-state index contributed by atoms with van der Waals surface area (Å²) >= 11 is 0. The maximum absolute atomic E-state index is 13.1. The summed E-state index contributed by atoms with van der Waals surface area (Å²) in [5.74, 6) is -1.36. The first-order valence-electron chi connectivity index (χ1n) is 42.6. The summed E-state index contributed by atoms with van der Waals surface area (Å²) in [4.78, 5) is 73.1. The Labute approximate surface area is 619 Å². The van der Waals surface area contributed by atoms with E-state index in [1.807, 2.05) is 0 Å². The summed E-state index contributed by atoms with van der Waals surface area (Å²) in [6.07, 6.45) is 66.5. The maximum atomic E-state index is 13.1. The number of aliphatic hydroxyl groups excluding tert-OH is 1. The fourth-order valence-electron chi connectivity index (χ4n) is 12.8. The third-order valence-electron chi connectivity index (χ3n) is 19.3. The van der Waals surface area contributed by atoms with Gasteiger partial charge in [0.1, 0.15) is 19.3 Å². The highest BCUT2D eigenvalue weighted by Crippen LogP contribution is 2.45. The lowest BCUT2D eigenvalue weighted by molar-refractivity contribution is -0.161. The highest BCUT2D eigenvalue weighted by Gasteiger charge is 2.30. The molecule has 19 heteroatoms. The van der Waals surface area contributed by atoms with Crippen LogP contribution in [-0.4, -0.2) is 96.7 Å². The monoisotopic (exact) mass is 1480 g/mol. The number of rotatable bonds is 82. The van der Waals surface area contributed by atoms with Gasteiger partial charge in [-0.1, -0.05) is 388 Å². The van der Waals surface area contributed by atoms with Crippen LogP contribution in [0.4, 0.5) is 0 Å². The van der Waals surface area contributed by atoms with Crippen LogP contribution in [0.5, 0.6) is 0 Å². The quantitative estimate of drug-likeness (QED) is 0.0222. The highest BCUT2D eigenvalue weighted by atomic mass is 31.2. The summed E-state index contributed by atoms with van der Waals surface area (Å²) in [6, 6.07) is 0. The minimum absolute atomic E-state index is 0.108. The fourth-order valence-corrected chi connectivity index (χ4v) is 14.3. The van der Waals surface area contributed by atoms with Crippen molar-refractivity contribution in [1.29, 1.82) is 0 Å². The van der Waals surface area contributed by atoms with Gasteiger partial charge < -0.3 is 33.8 Å². The van der Waals surface area contributed by atoms with Gasteiger partial charge in [0, 0.05) is 25.7 Å². The Morgan fingerprint density at radius 3 is 0.673 bits per heavy atom. The Hall–Kier alpha value is -1.94. The van der Waals surface area contributed by atoms with Crippen molar-refractivity contribution in [2.75, 3.05) is 39.6 Å². The molecule has 101 heavy (non-hydrogen) atoms. The van der Waals surface area contributed by atoms with Crippen molar-refractivity contribution in [2.45, 2.75) is 457 Å². The lowest BCUT2D eigenvalue weighted by Gasteiger charge is -2.21. The first-order chi connectivity index (χ1) is 49.0. The van der Waals surface area contributed by atoms with Crippen LogP contribution < -0.4 is 0 Å². The average Bonchev–Trinajstić information content (AvgIpc) is 0.932. The summed E-state index contributed by atoms with van der Waals surface area (Å²) in [5.41, 5.74) is 0. The van der Waals surface area contributed by atoms with Crippen LogP contribution in [0.2, 0.25) is 0 Å². The van der Waals surface area contributed by atoms with Crippen LogP contribution in [0.3, 0.4) is 0 Å². The molecule has 0 aromatic heterocycles. The van der Waals surface area contributed by atoms with Gasteiger partial charge >= 0.3 is 39.5 Å². The van der Waals surface area contributed by atoms with Crippen molar-refractivity contribution >= 4 is 39.5 Å². The molecule has 17 nitrogen and oxygen atoms in total. The zero-order chi connectivity index (χ0) is 74.1. The molecule has 0 rings (SSSR count). The van der Waals surface area contributed by atoms with Crippen molar-refractivity contribution in [1.82, 2.24) is 0 Å². The normalized spacial score (nSPS) is 13.8. The van der Waals surface area contributed by atoms with E-state index < -0.39 is 97.5 Å². The number of carbonyl (C=O) groups is 4. The Kier molecular flexibility index (Phi) is 73.5. The third-order valence-corrected chi connectivity index (χ3v) is 21.2. The highest BCUT2D eigenvalue weighted by molar-refractivity contribution is 7.47. The zero-order valence-corrected chi connectivity index (χ0v) is 67.8. The Bertz CT molecular complexity index is 1930. The molecule has 0 fully saturated rings. The van der Waals surface area contributed by atoms with Gasteiger partial charge in [-0.05, 0) is 31.6 Å². The number of hydrogen-bond acceptors (Lipinski definition) is 15. The molecule has 0 aliphatic heterocycles. The molecule has 0 aliphatic rings. The van der Waals surface area contributed by atoms with Crippen molar-refractivity contribution < 1.29 is 80.2 Å². The van der Waals surface area contributed by atoms with Crippen LogP contribution >= 0.6 is 15.6 Å². The Morgan fingerprint density at radius 1 is 0.267 bits per heavy atom. The topological polar surface area (TPSA) is 237 Å². The van der Waals surface area contributed by atoms with E-state index in [9.17, 15) is 43.2 Å². The van der Waals surface area contributed by atoms with E-state index in [1.54, 1.807) is 0 Å². The summed E-state index contributed by atoms with van der Waals surface area (Å²) in [6.45, 7) is 7.33.